The molecule has 1 unspecified atom stereocenters. The van der Waals surface area contributed by atoms with Gasteiger partial charge in [-0.05, 0) is 19.4 Å². The van der Waals surface area contributed by atoms with Gasteiger partial charge in [0.1, 0.15) is 11.1 Å². The monoisotopic (exact) mass is 228 g/mol. The van der Waals surface area contributed by atoms with Crippen LogP contribution in [0.5, 0.6) is 0 Å². The van der Waals surface area contributed by atoms with Crippen LogP contribution in [0.2, 0.25) is 0 Å². The normalized spacial score (nSPS) is 14.3. The molecule has 1 aromatic heterocycles. The molecule has 0 saturated carbocycles. The van der Waals surface area contributed by atoms with Crippen molar-refractivity contribution in [2.45, 2.75) is 40.3 Å². The number of rotatable bonds is 3. The third-order valence-corrected chi connectivity index (χ3v) is 3.51. The van der Waals surface area contributed by atoms with Crippen LogP contribution in [0.4, 0.5) is 0 Å². The third kappa shape index (κ3) is 3.00. The number of hydrogen-bond donors (Lipinski definition) is 2. The lowest BCUT2D eigenvalue weighted by molar-refractivity contribution is 0.0623. The number of nitrogens with zero attached hydrogens (tertiary/aromatic N) is 1. The second-order valence-corrected chi connectivity index (χ2v) is 5.97. The molecule has 0 amide bonds. The molecule has 0 fully saturated rings. The molecule has 1 heterocycles. The van der Waals surface area contributed by atoms with Crippen molar-refractivity contribution in [1.82, 2.24) is 10.3 Å². The zero-order valence-corrected chi connectivity index (χ0v) is 10.9. The minimum absolute atomic E-state index is 0.152. The minimum atomic E-state index is -0.480. The van der Waals surface area contributed by atoms with Gasteiger partial charge in [-0.15, -0.1) is 11.3 Å². The van der Waals surface area contributed by atoms with Crippen LogP contribution in [-0.4, -0.2) is 17.1 Å². The van der Waals surface area contributed by atoms with E-state index in [1.807, 2.05) is 34.7 Å². The van der Waals surface area contributed by atoms with Gasteiger partial charge in [0.25, 0.3) is 0 Å². The first kappa shape index (κ1) is 12.6. The van der Waals surface area contributed by atoms with Crippen LogP contribution in [0, 0.1) is 12.3 Å². The van der Waals surface area contributed by atoms with Crippen molar-refractivity contribution < 1.29 is 5.11 Å². The second-order valence-electron chi connectivity index (χ2n) is 4.86. The second kappa shape index (κ2) is 4.60. The summed E-state index contributed by atoms with van der Waals surface area (Å²) in [4.78, 5) is 5.63. The fourth-order valence-corrected chi connectivity index (χ4v) is 2.57. The van der Waals surface area contributed by atoms with Crippen molar-refractivity contribution in [2.24, 2.45) is 5.41 Å². The lowest BCUT2D eigenvalue weighted by Crippen LogP contribution is -2.17. The summed E-state index contributed by atoms with van der Waals surface area (Å²) in [7, 11) is 1.92. The third-order valence-electron chi connectivity index (χ3n) is 2.30. The first-order chi connectivity index (χ1) is 6.86. The summed E-state index contributed by atoms with van der Waals surface area (Å²) < 4.78 is 0. The lowest BCUT2D eigenvalue weighted by Gasteiger charge is -2.23. The Morgan fingerprint density at radius 1 is 1.47 bits per heavy atom. The summed E-state index contributed by atoms with van der Waals surface area (Å²) in [6.45, 7) is 8.87. The van der Waals surface area contributed by atoms with Crippen molar-refractivity contribution in [3.63, 3.8) is 0 Å². The molecule has 0 aliphatic rings. The van der Waals surface area contributed by atoms with Gasteiger partial charge in [0.05, 0.1) is 5.69 Å². The largest absolute Gasteiger partial charge is 0.385 e. The number of aryl methyl sites for hydroxylation is 1. The summed E-state index contributed by atoms with van der Waals surface area (Å²) >= 11 is 1.60. The quantitative estimate of drug-likeness (QED) is 0.834. The van der Waals surface area contributed by atoms with Crippen LogP contribution in [0.25, 0.3) is 0 Å². The van der Waals surface area contributed by atoms with Gasteiger partial charge in [0.15, 0.2) is 0 Å². The molecule has 1 atom stereocenters. The number of aliphatic hydroxyl groups excluding tert-OH is 1. The topological polar surface area (TPSA) is 45.1 Å². The SMILES string of the molecule is CNCc1sc(C(O)C(C)(C)C)nc1C. The van der Waals surface area contributed by atoms with Gasteiger partial charge < -0.3 is 10.4 Å². The molecule has 1 aromatic rings. The van der Waals surface area contributed by atoms with Crippen molar-refractivity contribution in [3.8, 4) is 0 Å². The summed E-state index contributed by atoms with van der Waals surface area (Å²) in [5, 5.41) is 14.0. The Hall–Kier alpha value is -0.450. The van der Waals surface area contributed by atoms with Gasteiger partial charge in [-0.1, -0.05) is 20.8 Å². The minimum Gasteiger partial charge on any atom is -0.385 e. The lowest BCUT2D eigenvalue weighted by atomic mass is 9.90. The van der Waals surface area contributed by atoms with Crippen LogP contribution < -0.4 is 5.32 Å². The van der Waals surface area contributed by atoms with E-state index in [2.05, 4.69) is 10.3 Å². The van der Waals surface area contributed by atoms with E-state index in [0.717, 1.165) is 17.2 Å². The zero-order valence-electron chi connectivity index (χ0n) is 10.1. The fourth-order valence-electron chi connectivity index (χ4n) is 1.26. The molecule has 0 aliphatic carbocycles. The average Bonchev–Trinajstić information content (AvgIpc) is 2.46. The van der Waals surface area contributed by atoms with Gasteiger partial charge in [-0.3, -0.25) is 0 Å². The summed E-state index contributed by atoms with van der Waals surface area (Å²) in [5.41, 5.74) is 0.869. The van der Waals surface area contributed by atoms with Crippen molar-refractivity contribution >= 4 is 11.3 Å². The summed E-state index contributed by atoms with van der Waals surface area (Å²) in [6, 6.07) is 0. The van der Waals surface area contributed by atoms with E-state index in [1.54, 1.807) is 11.3 Å². The molecule has 4 heteroatoms. The molecule has 0 bridgehead atoms. The summed E-state index contributed by atoms with van der Waals surface area (Å²) in [6.07, 6.45) is -0.480. The number of aromatic nitrogens is 1. The van der Waals surface area contributed by atoms with E-state index in [4.69, 9.17) is 0 Å². The van der Waals surface area contributed by atoms with Gasteiger partial charge in [0.2, 0.25) is 0 Å². The highest BCUT2D eigenvalue weighted by Crippen LogP contribution is 2.35. The van der Waals surface area contributed by atoms with Gasteiger partial charge in [0, 0.05) is 11.4 Å². The van der Waals surface area contributed by atoms with E-state index in [0.29, 0.717) is 0 Å². The highest BCUT2D eigenvalue weighted by Gasteiger charge is 2.27. The molecule has 0 aliphatic heterocycles. The number of nitrogens with one attached hydrogen (secondary N) is 1. The Kier molecular flexibility index (Phi) is 3.87. The number of thiazole rings is 1. The molecule has 0 radical (unpaired) electrons. The molecule has 1 rings (SSSR count). The van der Waals surface area contributed by atoms with Crippen LogP contribution in [-0.2, 0) is 6.54 Å². The number of aliphatic hydroxyl groups is 1. The number of hydrogen-bond acceptors (Lipinski definition) is 4. The van der Waals surface area contributed by atoms with Crippen LogP contribution in [0.1, 0.15) is 42.5 Å². The maximum Gasteiger partial charge on any atom is 0.122 e. The molecule has 0 aromatic carbocycles. The van der Waals surface area contributed by atoms with Crippen LogP contribution in [0.15, 0.2) is 0 Å². The molecule has 86 valence electrons. The Morgan fingerprint density at radius 3 is 2.53 bits per heavy atom. The van der Waals surface area contributed by atoms with Gasteiger partial charge >= 0.3 is 0 Å². The molecular weight excluding hydrogens is 208 g/mol. The predicted octanol–water partition coefficient (Wildman–Crippen LogP) is 2.25. The predicted molar refractivity (Wildman–Crippen MR) is 64.0 cm³/mol. The molecular formula is C11H20N2OS. The molecule has 0 spiro atoms. The van der Waals surface area contributed by atoms with Crippen molar-refractivity contribution in [2.75, 3.05) is 7.05 Å². The van der Waals surface area contributed by atoms with E-state index in [1.165, 1.54) is 4.88 Å². The Balaban J connectivity index is 2.92. The smallest absolute Gasteiger partial charge is 0.122 e. The Bertz CT molecular complexity index is 328. The zero-order chi connectivity index (χ0) is 11.6. The molecule has 3 nitrogen and oxygen atoms in total. The van der Waals surface area contributed by atoms with Crippen LogP contribution in [0.3, 0.4) is 0 Å². The fraction of sp³-hybridized carbons (Fsp3) is 0.727. The molecule has 0 saturated heterocycles. The van der Waals surface area contributed by atoms with Crippen molar-refractivity contribution in [1.29, 1.82) is 0 Å². The standard InChI is InChI=1S/C11H20N2OS/c1-7-8(6-12-5)15-10(13-7)9(14)11(2,3)4/h9,12,14H,6H2,1-5H3. The first-order valence-electron chi connectivity index (χ1n) is 5.15. The maximum atomic E-state index is 10.1. The molecule has 15 heavy (non-hydrogen) atoms. The van der Waals surface area contributed by atoms with E-state index >= 15 is 0 Å². The highest BCUT2D eigenvalue weighted by molar-refractivity contribution is 7.11. The maximum absolute atomic E-state index is 10.1. The Labute approximate surface area is 95.6 Å². The van der Waals surface area contributed by atoms with Crippen molar-refractivity contribution in [3.05, 3.63) is 15.6 Å². The van der Waals surface area contributed by atoms with Gasteiger partial charge in [-0.25, -0.2) is 4.98 Å². The summed E-state index contributed by atoms with van der Waals surface area (Å²) in [5.74, 6) is 0. The molecule has 2 N–H and O–H groups in total. The average molecular weight is 228 g/mol. The van der Waals surface area contributed by atoms with Crippen LogP contribution >= 0.6 is 11.3 Å². The first-order valence-corrected chi connectivity index (χ1v) is 5.96. The van der Waals surface area contributed by atoms with E-state index in [9.17, 15) is 5.11 Å². The van der Waals surface area contributed by atoms with E-state index in [-0.39, 0.29) is 5.41 Å². The Morgan fingerprint density at radius 2 is 2.07 bits per heavy atom. The highest BCUT2D eigenvalue weighted by atomic mass is 32.1. The van der Waals surface area contributed by atoms with E-state index < -0.39 is 6.10 Å². The van der Waals surface area contributed by atoms with Gasteiger partial charge in [-0.2, -0.15) is 0 Å².